The maximum atomic E-state index is 12.7. The molecule has 0 heterocycles. The van der Waals surface area contributed by atoms with E-state index >= 15 is 0 Å². The van der Waals surface area contributed by atoms with Crippen molar-refractivity contribution >= 4 is 27.6 Å². The van der Waals surface area contributed by atoms with Gasteiger partial charge >= 0.3 is 5.97 Å². The van der Waals surface area contributed by atoms with Crippen LogP contribution in [0.3, 0.4) is 0 Å². The second-order valence-corrected chi connectivity index (χ2v) is 8.98. The van der Waals surface area contributed by atoms with E-state index in [1.807, 2.05) is 20.8 Å². The van der Waals surface area contributed by atoms with Crippen LogP contribution in [0.15, 0.2) is 59.5 Å². The topological polar surface area (TPSA) is 92.8 Å². The molecule has 0 unspecified atom stereocenters. The Kier molecular flexibility index (Phi) is 7.39. The van der Waals surface area contributed by atoms with Gasteiger partial charge in [0.05, 0.1) is 16.1 Å². The number of amides is 1. The molecule has 29 heavy (non-hydrogen) atoms. The molecule has 0 radical (unpaired) electrons. The number of carbonyl (C=O) groups is 2. The summed E-state index contributed by atoms with van der Waals surface area (Å²) in [5.41, 5.74) is 0.689. The Balaban J connectivity index is 2.02. The summed E-state index contributed by atoms with van der Waals surface area (Å²) >= 11 is 0. The molecule has 0 aromatic heterocycles. The summed E-state index contributed by atoms with van der Waals surface area (Å²) < 4.78 is 31.7. The van der Waals surface area contributed by atoms with Crippen LogP contribution < -0.4 is 9.62 Å². The monoisotopic (exact) mass is 418 g/mol. The maximum Gasteiger partial charge on any atom is 0.338 e. The lowest BCUT2D eigenvalue weighted by Gasteiger charge is -2.19. The molecule has 156 valence electrons. The van der Waals surface area contributed by atoms with E-state index in [1.165, 1.54) is 35.6 Å². The Labute approximate surface area is 171 Å². The zero-order valence-corrected chi connectivity index (χ0v) is 17.8. The first-order chi connectivity index (χ1) is 13.6. The van der Waals surface area contributed by atoms with E-state index in [-0.39, 0.29) is 28.3 Å². The number of sulfonamides is 1. The molecule has 0 bridgehead atoms. The average molecular weight is 419 g/mol. The fourth-order valence-electron chi connectivity index (χ4n) is 2.37. The Morgan fingerprint density at radius 2 is 1.59 bits per heavy atom. The number of ether oxygens (including phenoxy) is 1. The molecular weight excluding hydrogens is 392 g/mol. The Morgan fingerprint density at radius 1 is 1.00 bits per heavy atom. The number of carbonyl (C=O) groups excluding carboxylic acids is 2. The molecule has 0 saturated carbocycles. The lowest BCUT2D eigenvalue weighted by atomic mass is 10.1. The molecule has 0 aliphatic carbocycles. The number of benzene rings is 2. The molecular formula is C21H26N2O5S. The van der Waals surface area contributed by atoms with Crippen LogP contribution in [0.2, 0.25) is 0 Å². The van der Waals surface area contributed by atoms with E-state index in [0.29, 0.717) is 5.69 Å². The lowest BCUT2D eigenvalue weighted by Crippen LogP contribution is -2.38. The number of para-hydroxylation sites is 1. The maximum absolute atomic E-state index is 12.7. The summed E-state index contributed by atoms with van der Waals surface area (Å²) in [6.07, 6.45) is 0. The van der Waals surface area contributed by atoms with Crippen LogP contribution in [0.5, 0.6) is 0 Å². The summed E-state index contributed by atoms with van der Waals surface area (Å²) in [5.74, 6) is -0.820. The van der Waals surface area contributed by atoms with E-state index in [1.54, 1.807) is 30.3 Å². The number of esters is 1. The summed E-state index contributed by atoms with van der Waals surface area (Å²) in [4.78, 5) is 24.0. The van der Waals surface area contributed by atoms with Crippen molar-refractivity contribution in [3.05, 3.63) is 60.2 Å². The van der Waals surface area contributed by atoms with Gasteiger partial charge in [-0.15, -0.1) is 0 Å². The van der Waals surface area contributed by atoms with E-state index in [0.717, 1.165) is 0 Å². The Hall–Kier alpha value is -2.87. The molecule has 0 aliphatic rings. The second-order valence-electron chi connectivity index (χ2n) is 7.01. The van der Waals surface area contributed by atoms with Crippen molar-refractivity contribution in [2.24, 2.45) is 5.92 Å². The van der Waals surface area contributed by atoms with E-state index in [9.17, 15) is 18.0 Å². The molecule has 2 aromatic rings. The van der Waals surface area contributed by atoms with Crippen LogP contribution in [0.25, 0.3) is 0 Å². The van der Waals surface area contributed by atoms with E-state index < -0.39 is 22.6 Å². The van der Waals surface area contributed by atoms with Gasteiger partial charge in [0.1, 0.15) is 0 Å². The highest BCUT2D eigenvalue weighted by Gasteiger charge is 2.22. The molecule has 1 amide bonds. The SMILES string of the molecule is CC(C)[C@H](C)NC(=O)COC(=O)c1ccc(S(=O)(=O)N(C)c2ccccc2)cc1. The Morgan fingerprint density at radius 3 is 2.14 bits per heavy atom. The van der Waals surface area contributed by atoms with Gasteiger partial charge in [-0.3, -0.25) is 9.10 Å². The van der Waals surface area contributed by atoms with Crippen molar-refractivity contribution in [2.45, 2.75) is 31.7 Å². The van der Waals surface area contributed by atoms with E-state index in [2.05, 4.69) is 5.32 Å². The molecule has 0 fully saturated rings. The minimum atomic E-state index is -3.76. The first-order valence-electron chi connectivity index (χ1n) is 9.23. The molecule has 1 N–H and O–H groups in total. The number of anilines is 1. The predicted molar refractivity (Wildman–Crippen MR) is 111 cm³/mol. The van der Waals surface area contributed by atoms with Gasteiger partial charge in [-0.05, 0) is 49.2 Å². The minimum absolute atomic E-state index is 0.0349. The number of rotatable bonds is 8. The van der Waals surface area contributed by atoms with Crippen LogP contribution in [0.4, 0.5) is 5.69 Å². The van der Waals surface area contributed by atoms with Gasteiger partial charge in [-0.2, -0.15) is 0 Å². The third-order valence-corrected chi connectivity index (χ3v) is 6.39. The largest absolute Gasteiger partial charge is 0.452 e. The van der Waals surface area contributed by atoms with Crippen LogP contribution in [0, 0.1) is 5.92 Å². The van der Waals surface area contributed by atoms with Crippen LogP contribution in [-0.2, 0) is 19.6 Å². The standard InChI is InChI=1S/C21H26N2O5S/c1-15(2)16(3)22-20(24)14-28-21(25)17-10-12-19(13-11-17)29(26,27)23(4)18-8-6-5-7-9-18/h5-13,15-16H,14H2,1-4H3,(H,22,24)/t16-/m0/s1. The van der Waals surface area contributed by atoms with Crippen LogP contribution >= 0.6 is 0 Å². The minimum Gasteiger partial charge on any atom is -0.452 e. The second kappa shape index (κ2) is 9.56. The van der Waals surface area contributed by atoms with Gasteiger partial charge in [0.15, 0.2) is 6.61 Å². The van der Waals surface area contributed by atoms with Crippen LogP contribution in [0.1, 0.15) is 31.1 Å². The molecule has 0 saturated heterocycles. The normalized spacial score (nSPS) is 12.3. The molecule has 1 atom stereocenters. The fraction of sp³-hybridized carbons (Fsp3) is 0.333. The molecule has 0 spiro atoms. The van der Waals surface area contributed by atoms with Crippen molar-refractivity contribution in [2.75, 3.05) is 18.0 Å². The number of hydrogen-bond acceptors (Lipinski definition) is 5. The molecule has 8 heteroatoms. The number of nitrogens with one attached hydrogen (secondary N) is 1. The van der Waals surface area contributed by atoms with Gasteiger partial charge in [-0.1, -0.05) is 32.0 Å². The number of hydrogen-bond donors (Lipinski definition) is 1. The molecule has 7 nitrogen and oxygen atoms in total. The summed E-state index contributed by atoms with van der Waals surface area (Å²) in [5, 5.41) is 2.74. The number of nitrogens with zero attached hydrogens (tertiary/aromatic N) is 1. The smallest absolute Gasteiger partial charge is 0.338 e. The summed E-state index contributed by atoms with van der Waals surface area (Å²) in [7, 11) is -2.30. The zero-order valence-electron chi connectivity index (χ0n) is 17.0. The van der Waals surface area contributed by atoms with Gasteiger partial charge < -0.3 is 10.1 Å². The predicted octanol–water partition coefficient (Wildman–Crippen LogP) is 2.83. The molecule has 0 aliphatic heterocycles. The van der Waals surface area contributed by atoms with E-state index in [4.69, 9.17) is 4.74 Å². The van der Waals surface area contributed by atoms with Crippen molar-refractivity contribution in [3.8, 4) is 0 Å². The third-order valence-electron chi connectivity index (χ3n) is 4.59. The van der Waals surface area contributed by atoms with Crippen molar-refractivity contribution < 1.29 is 22.7 Å². The first-order valence-corrected chi connectivity index (χ1v) is 10.7. The average Bonchev–Trinajstić information content (AvgIpc) is 2.72. The highest BCUT2D eigenvalue weighted by atomic mass is 32.2. The van der Waals surface area contributed by atoms with Gasteiger partial charge in [0.2, 0.25) is 0 Å². The van der Waals surface area contributed by atoms with Crippen molar-refractivity contribution in [3.63, 3.8) is 0 Å². The first kappa shape index (κ1) is 22.4. The highest BCUT2D eigenvalue weighted by molar-refractivity contribution is 7.92. The lowest BCUT2D eigenvalue weighted by molar-refractivity contribution is -0.125. The van der Waals surface area contributed by atoms with Crippen molar-refractivity contribution in [1.29, 1.82) is 0 Å². The van der Waals surface area contributed by atoms with Gasteiger partial charge in [0.25, 0.3) is 15.9 Å². The highest BCUT2D eigenvalue weighted by Crippen LogP contribution is 2.22. The quantitative estimate of drug-likeness (QED) is 0.666. The Bertz CT molecular complexity index is 941. The fourth-order valence-corrected chi connectivity index (χ4v) is 3.57. The summed E-state index contributed by atoms with van der Waals surface area (Å²) in [6, 6.07) is 14.0. The van der Waals surface area contributed by atoms with Crippen LogP contribution in [-0.4, -0.2) is 40.0 Å². The third kappa shape index (κ3) is 5.80. The zero-order chi connectivity index (χ0) is 21.6. The summed E-state index contributed by atoms with van der Waals surface area (Å²) in [6.45, 7) is 5.42. The van der Waals surface area contributed by atoms with Gasteiger partial charge in [0, 0.05) is 13.1 Å². The molecule has 2 aromatic carbocycles. The van der Waals surface area contributed by atoms with Crippen molar-refractivity contribution in [1.82, 2.24) is 5.32 Å². The van der Waals surface area contributed by atoms with Gasteiger partial charge in [-0.25, -0.2) is 13.2 Å². The molecule has 2 rings (SSSR count).